The molecule has 0 saturated carbocycles. The van der Waals surface area contributed by atoms with Crippen molar-refractivity contribution < 1.29 is 22.0 Å². The van der Waals surface area contributed by atoms with Crippen molar-refractivity contribution in [3.05, 3.63) is 64.1 Å². The fourth-order valence-corrected chi connectivity index (χ4v) is 5.58. The van der Waals surface area contributed by atoms with E-state index in [0.717, 1.165) is 26.5 Å². The zero-order chi connectivity index (χ0) is 21.2. The SMILES string of the molecule is CC(NC(=O)C1CCN(S(=O)(=O)c2cc(F)ccc2F)CC1)c1ccccc1Br. The second-order valence-corrected chi connectivity index (χ2v) is 9.77. The monoisotopic (exact) mass is 486 g/mol. The fraction of sp³-hybridized carbons (Fsp3) is 0.350. The second-order valence-electron chi connectivity index (χ2n) is 7.00. The van der Waals surface area contributed by atoms with Gasteiger partial charge >= 0.3 is 0 Å². The second kappa shape index (κ2) is 8.89. The van der Waals surface area contributed by atoms with Gasteiger partial charge in [0.05, 0.1) is 6.04 Å². The van der Waals surface area contributed by atoms with Crippen LogP contribution in [0.5, 0.6) is 0 Å². The predicted molar refractivity (Wildman–Crippen MR) is 109 cm³/mol. The lowest BCUT2D eigenvalue weighted by atomic mass is 9.96. The summed E-state index contributed by atoms with van der Waals surface area (Å²) in [5.41, 5.74) is 0.947. The van der Waals surface area contributed by atoms with Crippen LogP contribution in [-0.2, 0) is 14.8 Å². The van der Waals surface area contributed by atoms with Crippen molar-refractivity contribution in [1.29, 1.82) is 0 Å². The third kappa shape index (κ3) is 4.84. The van der Waals surface area contributed by atoms with Crippen LogP contribution in [0.4, 0.5) is 8.78 Å². The van der Waals surface area contributed by atoms with Crippen molar-refractivity contribution in [3.8, 4) is 0 Å². The minimum Gasteiger partial charge on any atom is -0.349 e. The van der Waals surface area contributed by atoms with Gasteiger partial charge in [0.25, 0.3) is 0 Å². The Hall–Kier alpha value is -1.84. The van der Waals surface area contributed by atoms with Gasteiger partial charge in [0.1, 0.15) is 16.5 Å². The highest BCUT2D eigenvalue weighted by Crippen LogP contribution is 2.27. The number of piperidine rings is 1. The molecule has 0 bridgehead atoms. The molecule has 1 fully saturated rings. The van der Waals surface area contributed by atoms with E-state index in [2.05, 4.69) is 21.2 Å². The van der Waals surface area contributed by atoms with Gasteiger partial charge in [-0.15, -0.1) is 0 Å². The molecule has 1 aliphatic rings. The van der Waals surface area contributed by atoms with Crippen molar-refractivity contribution in [3.63, 3.8) is 0 Å². The molecule has 1 saturated heterocycles. The number of rotatable bonds is 5. The smallest absolute Gasteiger partial charge is 0.246 e. The van der Waals surface area contributed by atoms with Gasteiger partial charge in [-0.25, -0.2) is 17.2 Å². The molecule has 1 unspecified atom stereocenters. The number of hydrogen-bond acceptors (Lipinski definition) is 3. The molecule has 1 aliphatic heterocycles. The molecule has 5 nitrogen and oxygen atoms in total. The van der Waals surface area contributed by atoms with Gasteiger partial charge < -0.3 is 5.32 Å². The minimum absolute atomic E-state index is 0.0692. The highest BCUT2D eigenvalue weighted by molar-refractivity contribution is 9.10. The van der Waals surface area contributed by atoms with Gasteiger partial charge in [0.2, 0.25) is 15.9 Å². The molecule has 1 N–H and O–H groups in total. The highest BCUT2D eigenvalue weighted by Gasteiger charge is 2.34. The third-order valence-electron chi connectivity index (χ3n) is 5.07. The van der Waals surface area contributed by atoms with Crippen molar-refractivity contribution in [1.82, 2.24) is 9.62 Å². The van der Waals surface area contributed by atoms with Gasteiger partial charge in [-0.05, 0) is 49.6 Å². The normalized spacial score (nSPS) is 17.1. The van der Waals surface area contributed by atoms with Crippen LogP contribution >= 0.6 is 15.9 Å². The molecule has 0 radical (unpaired) electrons. The minimum atomic E-state index is -4.16. The number of amides is 1. The van der Waals surface area contributed by atoms with E-state index >= 15 is 0 Å². The molecule has 3 rings (SSSR count). The Morgan fingerprint density at radius 3 is 2.48 bits per heavy atom. The number of nitrogens with zero attached hydrogens (tertiary/aromatic N) is 1. The average molecular weight is 487 g/mol. The molecule has 1 amide bonds. The van der Waals surface area contributed by atoms with Crippen LogP contribution in [-0.4, -0.2) is 31.7 Å². The van der Waals surface area contributed by atoms with Gasteiger partial charge in [0.15, 0.2) is 0 Å². The number of carbonyl (C=O) groups excluding carboxylic acids is 1. The quantitative estimate of drug-likeness (QED) is 0.694. The maximum Gasteiger partial charge on any atom is 0.246 e. The molecule has 0 spiro atoms. The molecular formula is C20H21BrF2N2O3S. The number of hydrogen-bond donors (Lipinski definition) is 1. The molecule has 0 aromatic heterocycles. The Labute approximate surface area is 177 Å². The Morgan fingerprint density at radius 1 is 1.17 bits per heavy atom. The highest BCUT2D eigenvalue weighted by atomic mass is 79.9. The molecule has 9 heteroatoms. The van der Waals surface area contributed by atoms with Crippen LogP contribution < -0.4 is 5.32 Å². The maximum atomic E-state index is 13.9. The Bertz CT molecular complexity index is 1010. The number of nitrogens with one attached hydrogen (secondary N) is 1. The van der Waals surface area contributed by atoms with Gasteiger partial charge in [-0.2, -0.15) is 4.31 Å². The summed E-state index contributed by atoms with van der Waals surface area (Å²) in [5, 5.41) is 2.96. The molecule has 2 aromatic rings. The van der Waals surface area contributed by atoms with E-state index in [-0.39, 0.29) is 31.0 Å². The van der Waals surface area contributed by atoms with Crippen LogP contribution in [0.2, 0.25) is 0 Å². The van der Waals surface area contributed by atoms with Crippen molar-refractivity contribution in [2.45, 2.75) is 30.7 Å². The van der Waals surface area contributed by atoms with Gasteiger partial charge in [-0.3, -0.25) is 4.79 Å². The number of halogens is 3. The molecule has 1 atom stereocenters. The van der Waals surface area contributed by atoms with E-state index in [1.807, 2.05) is 31.2 Å². The van der Waals surface area contributed by atoms with Crippen LogP contribution in [0, 0.1) is 17.6 Å². The first-order valence-corrected chi connectivity index (χ1v) is 11.4. The van der Waals surface area contributed by atoms with E-state index in [1.54, 1.807) is 0 Å². The maximum absolute atomic E-state index is 13.9. The van der Waals surface area contributed by atoms with E-state index in [4.69, 9.17) is 0 Å². The zero-order valence-corrected chi connectivity index (χ0v) is 18.1. The van der Waals surface area contributed by atoms with E-state index in [0.29, 0.717) is 18.9 Å². The van der Waals surface area contributed by atoms with E-state index < -0.39 is 26.6 Å². The number of benzene rings is 2. The molecule has 1 heterocycles. The topological polar surface area (TPSA) is 66.5 Å². The lowest BCUT2D eigenvalue weighted by Gasteiger charge is -2.31. The first-order valence-electron chi connectivity index (χ1n) is 9.20. The van der Waals surface area contributed by atoms with Crippen LogP contribution in [0.25, 0.3) is 0 Å². The summed E-state index contributed by atoms with van der Waals surface area (Å²) in [4.78, 5) is 11.9. The summed E-state index contributed by atoms with van der Waals surface area (Å²) in [5.74, 6) is -2.31. The van der Waals surface area contributed by atoms with Gasteiger partial charge in [0, 0.05) is 23.5 Å². The lowest BCUT2D eigenvalue weighted by molar-refractivity contribution is -0.126. The fourth-order valence-electron chi connectivity index (χ4n) is 3.41. The summed E-state index contributed by atoms with van der Waals surface area (Å²) in [6, 6.07) is 9.73. The number of sulfonamides is 1. The first kappa shape index (κ1) is 21.9. The zero-order valence-electron chi connectivity index (χ0n) is 15.7. The molecular weight excluding hydrogens is 466 g/mol. The van der Waals surface area contributed by atoms with Crippen LogP contribution in [0.15, 0.2) is 51.8 Å². The summed E-state index contributed by atoms with van der Waals surface area (Å²) >= 11 is 3.46. The lowest BCUT2D eigenvalue weighted by Crippen LogP contribution is -2.43. The van der Waals surface area contributed by atoms with E-state index in [9.17, 15) is 22.0 Å². The Balaban J connectivity index is 1.63. The van der Waals surface area contributed by atoms with Crippen LogP contribution in [0.3, 0.4) is 0 Å². The summed E-state index contributed by atoms with van der Waals surface area (Å²) in [6.45, 7) is 2.02. The molecule has 29 heavy (non-hydrogen) atoms. The largest absolute Gasteiger partial charge is 0.349 e. The third-order valence-corrected chi connectivity index (χ3v) is 7.70. The van der Waals surface area contributed by atoms with E-state index in [1.165, 1.54) is 0 Å². The van der Waals surface area contributed by atoms with Crippen LogP contribution in [0.1, 0.15) is 31.4 Å². The average Bonchev–Trinajstić information content (AvgIpc) is 2.70. The predicted octanol–water partition coefficient (Wildman–Crippen LogP) is 4.01. The number of carbonyl (C=O) groups is 1. The summed E-state index contributed by atoms with van der Waals surface area (Å²) in [7, 11) is -4.16. The Kier molecular flexibility index (Phi) is 6.70. The van der Waals surface area contributed by atoms with Gasteiger partial charge in [-0.1, -0.05) is 34.1 Å². The standard InChI is InChI=1S/C20H21BrF2N2O3S/c1-13(16-4-2-3-5-17(16)21)24-20(26)14-8-10-25(11-9-14)29(27,28)19-12-15(22)6-7-18(19)23/h2-7,12-14H,8-11H2,1H3,(H,24,26). The molecule has 0 aliphatic carbocycles. The molecule has 156 valence electrons. The first-order chi connectivity index (χ1) is 13.7. The molecule has 2 aromatic carbocycles. The van der Waals surface area contributed by atoms with Crippen molar-refractivity contribution in [2.24, 2.45) is 5.92 Å². The van der Waals surface area contributed by atoms with Crippen molar-refractivity contribution in [2.75, 3.05) is 13.1 Å². The summed E-state index contributed by atoms with van der Waals surface area (Å²) in [6.07, 6.45) is 0.620. The summed E-state index contributed by atoms with van der Waals surface area (Å²) < 4.78 is 54.6. The van der Waals surface area contributed by atoms with Crippen molar-refractivity contribution >= 4 is 31.9 Å². The Morgan fingerprint density at radius 2 is 1.83 bits per heavy atom.